The zero-order valence-corrected chi connectivity index (χ0v) is 10.9. The predicted octanol–water partition coefficient (Wildman–Crippen LogP) is 3.30. The van der Waals surface area contributed by atoms with Gasteiger partial charge in [0.2, 0.25) is 0 Å². The van der Waals surface area contributed by atoms with Crippen LogP contribution >= 0.6 is 11.8 Å². The van der Waals surface area contributed by atoms with Gasteiger partial charge < -0.3 is 5.32 Å². The van der Waals surface area contributed by atoms with Crippen LogP contribution in [0.5, 0.6) is 0 Å². The summed E-state index contributed by atoms with van der Waals surface area (Å²) in [6.07, 6.45) is 0. The summed E-state index contributed by atoms with van der Waals surface area (Å²) in [5.74, 6) is 1.13. The van der Waals surface area contributed by atoms with Gasteiger partial charge in [-0.05, 0) is 24.4 Å². The van der Waals surface area contributed by atoms with Crippen molar-refractivity contribution in [3.8, 4) is 0 Å². The molecule has 0 unspecified atom stereocenters. The maximum Gasteiger partial charge on any atom is 0.0110 e. The Labute approximate surface area is 97.7 Å². The van der Waals surface area contributed by atoms with Crippen LogP contribution in [0.3, 0.4) is 0 Å². The number of rotatable bonds is 5. The first-order valence-electron chi connectivity index (χ1n) is 5.48. The zero-order chi connectivity index (χ0) is 11.3. The molecule has 0 aliphatic heterocycles. The molecular formula is C13H21NS. The Morgan fingerprint density at radius 3 is 2.53 bits per heavy atom. The second kappa shape index (κ2) is 5.57. The highest BCUT2D eigenvalue weighted by Gasteiger charge is 2.22. The molecule has 1 rings (SSSR count). The van der Waals surface area contributed by atoms with Crippen molar-refractivity contribution in [1.29, 1.82) is 0 Å². The van der Waals surface area contributed by atoms with Crippen LogP contribution in [-0.2, 0) is 5.41 Å². The lowest BCUT2D eigenvalue weighted by molar-refractivity contribution is 0.486. The van der Waals surface area contributed by atoms with E-state index >= 15 is 0 Å². The molecule has 1 nitrogen and oxygen atoms in total. The molecule has 0 bridgehead atoms. The second-order valence-corrected chi connectivity index (χ2v) is 5.65. The summed E-state index contributed by atoms with van der Waals surface area (Å²) in [4.78, 5) is 1.42. The number of benzene rings is 1. The fourth-order valence-electron chi connectivity index (χ4n) is 1.84. The van der Waals surface area contributed by atoms with Crippen molar-refractivity contribution in [1.82, 2.24) is 5.32 Å². The van der Waals surface area contributed by atoms with Crippen molar-refractivity contribution in [3.63, 3.8) is 0 Å². The number of likely N-dealkylation sites (N-methyl/N-ethyl adjacent to an activating group) is 1. The van der Waals surface area contributed by atoms with Crippen LogP contribution in [0.1, 0.15) is 26.3 Å². The third kappa shape index (κ3) is 3.25. The minimum atomic E-state index is 0.202. The van der Waals surface area contributed by atoms with Gasteiger partial charge >= 0.3 is 0 Å². The molecular weight excluding hydrogens is 202 g/mol. The monoisotopic (exact) mass is 223 g/mol. The average molecular weight is 223 g/mol. The van der Waals surface area contributed by atoms with Gasteiger partial charge in [-0.15, -0.1) is 11.8 Å². The molecule has 1 N–H and O–H groups in total. The fraction of sp³-hybridized carbons (Fsp3) is 0.538. The number of nitrogens with one attached hydrogen (secondary N) is 1. The van der Waals surface area contributed by atoms with Gasteiger partial charge in [-0.3, -0.25) is 0 Å². The molecule has 84 valence electrons. The van der Waals surface area contributed by atoms with E-state index in [9.17, 15) is 0 Å². The van der Waals surface area contributed by atoms with E-state index in [1.54, 1.807) is 0 Å². The van der Waals surface area contributed by atoms with Crippen LogP contribution < -0.4 is 5.32 Å². The van der Waals surface area contributed by atoms with Gasteiger partial charge in [-0.25, -0.2) is 0 Å². The largest absolute Gasteiger partial charge is 0.319 e. The summed E-state index contributed by atoms with van der Waals surface area (Å²) < 4.78 is 0. The standard InChI is InChI=1S/C13H21NS/c1-5-15-12-9-7-6-8-11(12)13(2,3)10-14-4/h6-9,14H,5,10H2,1-4H3. The number of hydrogen-bond acceptors (Lipinski definition) is 2. The Kier molecular flexibility index (Phi) is 4.68. The molecule has 0 atom stereocenters. The normalized spacial score (nSPS) is 11.7. The van der Waals surface area contributed by atoms with Crippen LogP contribution in [0.2, 0.25) is 0 Å². The van der Waals surface area contributed by atoms with E-state index in [1.165, 1.54) is 10.5 Å². The summed E-state index contributed by atoms with van der Waals surface area (Å²) >= 11 is 1.93. The van der Waals surface area contributed by atoms with Crippen LogP contribution in [-0.4, -0.2) is 19.3 Å². The minimum absolute atomic E-state index is 0.202. The highest BCUT2D eigenvalue weighted by atomic mass is 32.2. The molecule has 0 fully saturated rings. The minimum Gasteiger partial charge on any atom is -0.319 e. The van der Waals surface area contributed by atoms with Crippen molar-refractivity contribution < 1.29 is 0 Å². The molecule has 1 aromatic carbocycles. The Hall–Kier alpha value is -0.470. The molecule has 1 aromatic rings. The van der Waals surface area contributed by atoms with E-state index in [4.69, 9.17) is 0 Å². The van der Waals surface area contributed by atoms with Gasteiger partial charge in [0.05, 0.1) is 0 Å². The Balaban J connectivity index is 3.00. The third-order valence-electron chi connectivity index (χ3n) is 2.53. The molecule has 0 aliphatic carbocycles. The van der Waals surface area contributed by atoms with E-state index in [-0.39, 0.29) is 5.41 Å². The average Bonchev–Trinajstić information content (AvgIpc) is 2.19. The lowest BCUT2D eigenvalue weighted by Gasteiger charge is -2.27. The Morgan fingerprint density at radius 2 is 1.93 bits per heavy atom. The van der Waals surface area contributed by atoms with Crippen molar-refractivity contribution >= 4 is 11.8 Å². The molecule has 2 heteroatoms. The van der Waals surface area contributed by atoms with Gasteiger partial charge in [-0.2, -0.15) is 0 Å². The highest BCUT2D eigenvalue weighted by Crippen LogP contribution is 2.31. The Morgan fingerprint density at radius 1 is 1.27 bits per heavy atom. The van der Waals surface area contributed by atoms with Crippen molar-refractivity contribution in [2.24, 2.45) is 0 Å². The predicted molar refractivity (Wildman–Crippen MR) is 69.8 cm³/mol. The zero-order valence-electron chi connectivity index (χ0n) is 10.1. The van der Waals surface area contributed by atoms with Crippen molar-refractivity contribution in [3.05, 3.63) is 29.8 Å². The highest BCUT2D eigenvalue weighted by molar-refractivity contribution is 7.99. The summed E-state index contributed by atoms with van der Waals surface area (Å²) in [6.45, 7) is 7.79. The van der Waals surface area contributed by atoms with Crippen LogP contribution in [0, 0.1) is 0 Å². The van der Waals surface area contributed by atoms with E-state index in [2.05, 4.69) is 50.4 Å². The molecule has 0 amide bonds. The van der Waals surface area contributed by atoms with Gasteiger partial charge in [0.15, 0.2) is 0 Å². The van der Waals surface area contributed by atoms with Crippen LogP contribution in [0.4, 0.5) is 0 Å². The molecule has 0 aromatic heterocycles. The second-order valence-electron chi connectivity index (χ2n) is 4.34. The summed E-state index contributed by atoms with van der Waals surface area (Å²) in [5, 5.41) is 3.27. The molecule has 0 saturated carbocycles. The third-order valence-corrected chi connectivity index (χ3v) is 3.49. The molecule has 0 saturated heterocycles. The first-order valence-corrected chi connectivity index (χ1v) is 6.47. The van der Waals surface area contributed by atoms with E-state index in [0.717, 1.165) is 12.3 Å². The first kappa shape index (κ1) is 12.6. The molecule has 0 heterocycles. The van der Waals surface area contributed by atoms with Gasteiger partial charge in [0, 0.05) is 16.9 Å². The van der Waals surface area contributed by atoms with Gasteiger partial charge in [0.25, 0.3) is 0 Å². The first-order chi connectivity index (χ1) is 7.11. The van der Waals surface area contributed by atoms with Gasteiger partial charge in [0.1, 0.15) is 0 Å². The van der Waals surface area contributed by atoms with E-state index < -0.39 is 0 Å². The quantitative estimate of drug-likeness (QED) is 0.769. The Bertz CT molecular complexity index is 307. The lowest BCUT2D eigenvalue weighted by atomic mass is 9.84. The number of hydrogen-bond donors (Lipinski definition) is 1. The SMILES string of the molecule is CCSc1ccccc1C(C)(C)CNC. The maximum atomic E-state index is 3.27. The topological polar surface area (TPSA) is 12.0 Å². The van der Waals surface area contributed by atoms with E-state index in [1.807, 2.05) is 18.8 Å². The van der Waals surface area contributed by atoms with Crippen LogP contribution in [0.15, 0.2) is 29.2 Å². The van der Waals surface area contributed by atoms with Gasteiger partial charge in [-0.1, -0.05) is 39.0 Å². The maximum absolute atomic E-state index is 3.27. The summed E-state index contributed by atoms with van der Waals surface area (Å²) in [6, 6.07) is 8.72. The lowest BCUT2D eigenvalue weighted by Crippen LogP contribution is -2.31. The molecule has 0 aliphatic rings. The summed E-state index contributed by atoms with van der Waals surface area (Å²) in [5.41, 5.74) is 1.65. The van der Waals surface area contributed by atoms with Crippen LogP contribution in [0.25, 0.3) is 0 Å². The summed E-state index contributed by atoms with van der Waals surface area (Å²) in [7, 11) is 2.01. The number of thioether (sulfide) groups is 1. The molecule has 0 radical (unpaired) electrons. The molecule has 15 heavy (non-hydrogen) atoms. The van der Waals surface area contributed by atoms with Crippen molar-refractivity contribution in [2.75, 3.05) is 19.3 Å². The smallest absolute Gasteiger partial charge is 0.0110 e. The van der Waals surface area contributed by atoms with E-state index in [0.29, 0.717) is 0 Å². The van der Waals surface area contributed by atoms with Crippen molar-refractivity contribution in [2.45, 2.75) is 31.1 Å². The fourth-order valence-corrected chi connectivity index (χ4v) is 2.83. The molecule has 0 spiro atoms.